The molecular formula is C16H13Cl2N5O2S. The minimum atomic E-state index is -0.399. The van der Waals surface area contributed by atoms with Crippen LogP contribution in [0.25, 0.3) is 22.4 Å². The van der Waals surface area contributed by atoms with Gasteiger partial charge in [-0.1, -0.05) is 36.0 Å². The number of hydrogen-bond acceptors (Lipinski definition) is 6. The second-order valence-electron chi connectivity index (χ2n) is 5.20. The second kappa shape index (κ2) is 7.53. The Labute approximate surface area is 164 Å². The van der Waals surface area contributed by atoms with Crippen molar-refractivity contribution in [1.82, 2.24) is 20.3 Å². The molecule has 0 aliphatic rings. The van der Waals surface area contributed by atoms with E-state index in [9.17, 15) is 9.90 Å². The van der Waals surface area contributed by atoms with Crippen molar-refractivity contribution in [2.24, 2.45) is 0 Å². The van der Waals surface area contributed by atoms with Crippen molar-refractivity contribution in [2.45, 2.75) is 6.92 Å². The number of thiol groups is 1. The fraction of sp³-hybridized carbons (Fsp3) is 0.125. The van der Waals surface area contributed by atoms with Crippen LogP contribution in [0.1, 0.15) is 6.92 Å². The minimum absolute atomic E-state index is 0.105. The summed E-state index contributed by atoms with van der Waals surface area (Å²) in [4.78, 5) is 25.0. The lowest BCUT2D eigenvalue weighted by Gasteiger charge is -2.15. The highest BCUT2D eigenvalue weighted by atomic mass is 35.5. The Morgan fingerprint density at radius 1 is 1.27 bits per heavy atom. The molecule has 0 saturated heterocycles. The van der Waals surface area contributed by atoms with Crippen LogP contribution in [0.4, 0.5) is 10.6 Å². The molecule has 10 heteroatoms. The number of rotatable bonds is 3. The van der Waals surface area contributed by atoms with Gasteiger partial charge in [-0.25, -0.2) is 19.1 Å². The SMILES string of the molecule is CCNC(=O)N(S)c1ccc2ncc(-c3cc(Cl)c(O)c(Cl)c3)nc2n1. The topological polar surface area (TPSA) is 91.2 Å². The zero-order valence-corrected chi connectivity index (χ0v) is 15.8. The van der Waals surface area contributed by atoms with Gasteiger partial charge < -0.3 is 10.4 Å². The number of phenolic OH excluding ortho intramolecular Hbond substituents is 1. The van der Waals surface area contributed by atoms with Gasteiger partial charge in [-0.2, -0.15) is 0 Å². The molecule has 0 unspecified atom stereocenters. The molecular weight excluding hydrogens is 397 g/mol. The number of amides is 2. The Bertz CT molecular complexity index is 979. The number of urea groups is 1. The average Bonchev–Trinajstić information content (AvgIpc) is 2.64. The quantitative estimate of drug-likeness (QED) is 0.566. The molecule has 26 heavy (non-hydrogen) atoms. The number of nitrogens with zero attached hydrogens (tertiary/aromatic N) is 4. The number of benzene rings is 1. The average molecular weight is 410 g/mol. The molecule has 0 aliphatic heterocycles. The Morgan fingerprint density at radius 3 is 2.62 bits per heavy atom. The summed E-state index contributed by atoms with van der Waals surface area (Å²) in [5.74, 6) is 0.110. The summed E-state index contributed by atoms with van der Waals surface area (Å²) in [6.07, 6.45) is 1.55. The van der Waals surface area contributed by atoms with Gasteiger partial charge in [0, 0.05) is 12.1 Å². The minimum Gasteiger partial charge on any atom is -0.505 e. The number of aromatic nitrogens is 3. The van der Waals surface area contributed by atoms with Gasteiger partial charge in [-0.3, -0.25) is 4.98 Å². The van der Waals surface area contributed by atoms with E-state index >= 15 is 0 Å². The molecule has 0 saturated carbocycles. The third-order valence-electron chi connectivity index (χ3n) is 3.44. The Kier molecular flexibility index (Phi) is 5.36. The van der Waals surface area contributed by atoms with Crippen LogP contribution in [0.3, 0.4) is 0 Å². The highest BCUT2D eigenvalue weighted by Crippen LogP contribution is 2.36. The zero-order valence-electron chi connectivity index (χ0n) is 13.4. The van der Waals surface area contributed by atoms with Gasteiger partial charge in [-0.05, 0) is 31.2 Å². The molecule has 0 radical (unpaired) electrons. The van der Waals surface area contributed by atoms with Crippen molar-refractivity contribution in [2.75, 3.05) is 10.8 Å². The summed E-state index contributed by atoms with van der Waals surface area (Å²) in [5.41, 5.74) is 1.91. The zero-order chi connectivity index (χ0) is 18.8. The molecule has 2 N–H and O–H groups in total. The number of nitrogens with one attached hydrogen (secondary N) is 1. The van der Waals surface area contributed by atoms with Crippen molar-refractivity contribution in [3.8, 4) is 17.0 Å². The number of carbonyl (C=O) groups is 1. The largest absolute Gasteiger partial charge is 0.505 e. The van der Waals surface area contributed by atoms with Gasteiger partial charge in [0.15, 0.2) is 11.4 Å². The van der Waals surface area contributed by atoms with E-state index in [0.717, 1.165) is 4.31 Å². The van der Waals surface area contributed by atoms with Crippen molar-refractivity contribution >= 4 is 59.0 Å². The van der Waals surface area contributed by atoms with Crippen LogP contribution in [0.2, 0.25) is 10.0 Å². The lowest BCUT2D eigenvalue weighted by molar-refractivity contribution is 0.250. The van der Waals surface area contributed by atoms with Crippen LogP contribution in [0.15, 0.2) is 30.5 Å². The first kappa shape index (κ1) is 18.5. The molecule has 2 heterocycles. The molecule has 1 aromatic carbocycles. The summed E-state index contributed by atoms with van der Waals surface area (Å²) in [7, 11) is 0. The first-order valence-electron chi connectivity index (χ1n) is 7.49. The van der Waals surface area contributed by atoms with E-state index in [4.69, 9.17) is 23.2 Å². The predicted octanol–water partition coefficient (Wildman–Crippen LogP) is 4.08. The maximum Gasteiger partial charge on any atom is 0.333 e. The van der Waals surface area contributed by atoms with Gasteiger partial charge in [0.1, 0.15) is 11.3 Å². The molecule has 0 fully saturated rings. The van der Waals surface area contributed by atoms with Crippen molar-refractivity contribution in [3.63, 3.8) is 0 Å². The van der Waals surface area contributed by atoms with Crippen molar-refractivity contribution < 1.29 is 9.90 Å². The summed E-state index contributed by atoms with van der Waals surface area (Å²) < 4.78 is 1.09. The van der Waals surface area contributed by atoms with Crippen LogP contribution < -0.4 is 9.62 Å². The normalized spacial score (nSPS) is 10.8. The van der Waals surface area contributed by atoms with Crippen LogP contribution >= 0.6 is 36.0 Å². The third kappa shape index (κ3) is 3.62. The van der Waals surface area contributed by atoms with Gasteiger partial charge >= 0.3 is 6.03 Å². The van der Waals surface area contributed by atoms with E-state index in [0.29, 0.717) is 34.8 Å². The van der Waals surface area contributed by atoms with Crippen molar-refractivity contribution in [1.29, 1.82) is 0 Å². The van der Waals surface area contributed by atoms with Gasteiger partial charge in [-0.15, -0.1) is 0 Å². The van der Waals surface area contributed by atoms with Gasteiger partial charge in [0.05, 0.1) is 21.9 Å². The number of carbonyl (C=O) groups excluding carboxylic acids is 1. The Morgan fingerprint density at radius 2 is 1.96 bits per heavy atom. The summed E-state index contributed by atoms with van der Waals surface area (Å²) in [5, 5.41) is 12.5. The van der Waals surface area contributed by atoms with E-state index in [2.05, 4.69) is 33.1 Å². The third-order valence-corrected chi connectivity index (χ3v) is 4.40. The number of aromatic hydroxyl groups is 1. The number of anilines is 1. The number of fused-ring (bicyclic) bond motifs is 1. The molecule has 7 nitrogen and oxygen atoms in total. The van der Waals surface area contributed by atoms with E-state index in [-0.39, 0.29) is 15.8 Å². The highest BCUT2D eigenvalue weighted by Gasteiger charge is 2.15. The van der Waals surface area contributed by atoms with E-state index in [1.165, 1.54) is 12.1 Å². The van der Waals surface area contributed by atoms with Gasteiger partial charge in [0.25, 0.3) is 0 Å². The maximum absolute atomic E-state index is 11.9. The first-order chi connectivity index (χ1) is 12.4. The van der Waals surface area contributed by atoms with Gasteiger partial charge in [0.2, 0.25) is 0 Å². The highest BCUT2D eigenvalue weighted by molar-refractivity contribution is 7.82. The summed E-state index contributed by atoms with van der Waals surface area (Å²) in [6.45, 7) is 2.27. The van der Waals surface area contributed by atoms with Crippen molar-refractivity contribution in [3.05, 3.63) is 40.5 Å². The van der Waals surface area contributed by atoms with E-state index in [1.54, 1.807) is 25.3 Å². The number of pyridine rings is 1. The van der Waals surface area contributed by atoms with Crippen LogP contribution in [0, 0.1) is 0 Å². The number of halogens is 2. The van der Waals surface area contributed by atoms with E-state index in [1.807, 2.05) is 0 Å². The molecule has 2 amide bonds. The molecule has 0 spiro atoms. The molecule has 0 aliphatic carbocycles. The lowest BCUT2D eigenvalue weighted by atomic mass is 10.1. The second-order valence-corrected chi connectivity index (χ2v) is 6.42. The smallest absolute Gasteiger partial charge is 0.333 e. The van der Waals surface area contributed by atoms with Crippen LogP contribution in [0.5, 0.6) is 5.75 Å². The molecule has 0 atom stereocenters. The summed E-state index contributed by atoms with van der Waals surface area (Å²) in [6, 6.07) is 5.97. The van der Waals surface area contributed by atoms with E-state index < -0.39 is 6.03 Å². The Balaban J connectivity index is 2.03. The van der Waals surface area contributed by atoms with Crippen LogP contribution in [-0.2, 0) is 0 Å². The molecule has 3 aromatic rings. The fourth-order valence-electron chi connectivity index (χ4n) is 2.19. The fourth-order valence-corrected chi connectivity index (χ4v) is 2.86. The molecule has 3 rings (SSSR count). The standard InChI is InChI=1S/C16H13Cl2N5O2S/c1-2-19-16(25)23(26)13-4-3-11-15(22-13)21-12(7-20-11)8-5-9(17)14(24)10(18)6-8/h3-7,24,26H,2H2,1H3,(H,19,25). The lowest BCUT2D eigenvalue weighted by Crippen LogP contribution is -2.34. The number of phenols is 1. The first-order valence-corrected chi connectivity index (χ1v) is 8.65. The Hall–Kier alpha value is -2.29. The van der Waals surface area contributed by atoms with Crippen LogP contribution in [-0.4, -0.2) is 32.6 Å². The molecule has 2 aromatic heterocycles. The molecule has 0 bridgehead atoms. The monoisotopic (exact) mass is 409 g/mol. The predicted molar refractivity (Wildman–Crippen MR) is 105 cm³/mol. The molecule has 134 valence electrons. The number of hydrogen-bond donors (Lipinski definition) is 3. The summed E-state index contributed by atoms with van der Waals surface area (Å²) >= 11 is 16.1. The maximum atomic E-state index is 11.9.